The molecule has 0 aromatic carbocycles. The molecule has 0 aliphatic carbocycles. The highest BCUT2D eigenvalue weighted by Gasteiger charge is 2.25. The van der Waals surface area contributed by atoms with E-state index in [0.717, 1.165) is 20.5 Å². The number of nitrogens with zero attached hydrogens (tertiary/aromatic N) is 2. The Bertz CT molecular complexity index is 253. The van der Waals surface area contributed by atoms with Crippen LogP contribution in [0.15, 0.2) is 0 Å². The Hall–Kier alpha value is -1.22. The quantitative estimate of drug-likeness (QED) is 0.234. The number of hydrogen-bond acceptors (Lipinski definition) is 6. The van der Waals surface area contributed by atoms with Crippen LogP contribution in [0.2, 0.25) is 0 Å². The lowest BCUT2D eigenvalue weighted by Gasteiger charge is -2.12. The summed E-state index contributed by atoms with van der Waals surface area (Å²) in [5, 5.41) is 21.3. The molecular formula is C10H20BN2O6. The molecule has 0 aromatic heterocycles. The van der Waals surface area contributed by atoms with Crippen LogP contribution in [-0.4, -0.2) is 30.0 Å². The Morgan fingerprint density at radius 2 is 1.32 bits per heavy atom. The van der Waals surface area contributed by atoms with Gasteiger partial charge in [0.1, 0.15) is 0 Å². The Labute approximate surface area is 113 Å². The van der Waals surface area contributed by atoms with Gasteiger partial charge in [-0.2, -0.15) is 0 Å². The highest BCUT2D eigenvalue weighted by Crippen LogP contribution is 2.08. The highest BCUT2D eigenvalue weighted by molar-refractivity contribution is 6.18. The molecule has 0 saturated carbocycles. The Kier molecular flexibility index (Phi) is 10.0. The van der Waals surface area contributed by atoms with Crippen LogP contribution in [0.4, 0.5) is 0 Å². The topological polar surface area (TPSA) is 105 Å². The van der Waals surface area contributed by atoms with Gasteiger partial charge in [-0.3, -0.25) is 20.2 Å². The molecule has 0 amide bonds. The molecule has 0 aromatic rings. The summed E-state index contributed by atoms with van der Waals surface area (Å²) >= 11 is 0. The number of rotatable bonds is 12. The molecule has 109 valence electrons. The predicted molar refractivity (Wildman–Crippen MR) is 68.5 cm³/mol. The molecule has 0 N–H and O–H groups in total. The van der Waals surface area contributed by atoms with Gasteiger partial charge in [-0.25, -0.2) is 0 Å². The lowest BCUT2D eigenvalue weighted by atomic mass is 10.2. The molecule has 9 heteroatoms. The maximum atomic E-state index is 10.7. The summed E-state index contributed by atoms with van der Waals surface area (Å²) in [4.78, 5) is 20.2. The maximum Gasteiger partial charge on any atom is 0.497 e. The van der Waals surface area contributed by atoms with Crippen molar-refractivity contribution in [2.45, 2.75) is 64.8 Å². The van der Waals surface area contributed by atoms with Crippen molar-refractivity contribution in [1.29, 1.82) is 0 Å². The van der Waals surface area contributed by atoms with E-state index in [4.69, 9.17) is 9.31 Å². The van der Waals surface area contributed by atoms with Crippen LogP contribution < -0.4 is 0 Å². The van der Waals surface area contributed by atoms with E-state index in [2.05, 4.69) is 0 Å². The highest BCUT2D eigenvalue weighted by atomic mass is 16.7. The Morgan fingerprint density at radius 3 is 1.58 bits per heavy atom. The van der Waals surface area contributed by atoms with Crippen molar-refractivity contribution in [2.24, 2.45) is 0 Å². The van der Waals surface area contributed by atoms with Gasteiger partial charge in [0.15, 0.2) is 0 Å². The fraction of sp³-hybridized carbons (Fsp3) is 1.00. The van der Waals surface area contributed by atoms with Gasteiger partial charge in [-0.15, -0.1) is 0 Å². The summed E-state index contributed by atoms with van der Waals surface area (Å²) in [5.41, 5.74) is 0. The monoisotopic (exact) mass is 275 g/mol. The van der Waals surface area contributed by atoms with Crippen LogP contribution in [0.1, 0.15) is 52.4 Å². The summed E-state index contributed by atoms with van der Waals surface area (Å²) < 4.78 is 9.63. The van der Waals surface area contributed by atoms with E-state index < -0.39 is 22.3 Å². The second kappa shape index (κ2) is 10.7. The molecule has 8 nitrogen and oxygen atoms in total. The molecule has 19 heavy (non-hydrogen) atoms. The molecule has 0 bridgehead atoms. The molecule has 0 fully saturated rings. The first-order valence-electron chi connectivity index (χ1n) is 6.42. The summed E-state index contributed by atoms with van der Waals surface area (Å²) in [6.45, 7) is 3.81. The zero-order valence-electron chi connectivity index (χ0n) is 11.3. The lowest BCUT2D eigenvalue weighted by molar-refractivity contribution is -0.575. The minimum Gasteiger partial charge on any atom is -0.351 e. The van der Waals surface area contributed by atoms with Crippen molar-refractivity contribution < 1.29 is 19.2 Å². The van der Waals surface area contributed by atoms with Crippen LogP contribution in [0.25, 0.3) is 0 Å². The average molecular weight is 275 g/mol. The van der Waals surface area contributed by atoms with Crippen LogP contribution in [0, 0.1) is 20.2 Å². The van der Waals surface area contributed by atoms with Gasteiger partial charge in [0.2, 0.25) is 0 Å². The van der Waals surface area contributed by atoms with Gasteiger partial charge in [0.25, 0.3) is 0 Å². The second-order valence-electron chi connectivity index (χ2n) is 4.13. The van der Waals surface area contributed by atoms with Crippen molar-refractivity contribution >= 4 is 7.69 Å². The van der Waals surface area contributed by atoms with Crippen LogP contribution in [0.5, 0.6) is 0 Å². The third-order valence-electron chi connectivity index (χ3n) is 2.50. The fourth-order valence-corrected chi connectivity index (χ4v) is 1.36. The van der Waals surface area contributed by atoms with Gasteiger partial charge >= 0.3 is 20.1 Å². The molecule has 0 heterocycles. The fourth-order valence-electron chi connectivity index (χ4n) is 1.36. The first-order chi connectivity index (χ1) is 9.02. The minimum atomic E-state index is -1.21. The van der Waals surface area contributed by atoms with Crippen LogP contribution in [0.3, 0.4) is 0 Å². The predicted octanol–water partition coefficient (Wildman–Crippen LogP) is 2.14. The van der Waals surface area contributed by atoms with E-state index in [9.17, 15) is 20.2 Å². The summed E-state index contributed by atoms with van der Waals surface area (Å²) in [6.07, 6.45) is 0.993. The van der Waals surface area contributed by atoms with Crippen molar-refractivity contribution in [3.8, 4) is 0 Å². The third kappa shape index (κ3) is 8.49. The zero-order valence-corrected chi connectivity index (χ0v) is 11.3. The van der Waals surface area contributed by atoms with E-state index in [-0.39, 0.29) is 12.8 Å². The Balaban J connectivity index is 4.05. The van der Waals surface area contributed by atoms with Gasteiger partial charge in [-0.1, -0.05) is 26.7 Å². The van der Waals surface area contributed by atoms with Gasteiger partial charge in [0, 0.05) is 12.8 Å². The van der Waals surface area contributed by atoms with E-state index in [1.165, 1.54) is 0 Å². The second-order valence-corrected chi connectivity index (χ2v) is 4.13. The van der Waals surface area contributed by atoms with Crippen molar-refractivity contribution in [3.05, 3.63) is 20.2 Å². The molecule has 1 radical (unpaired) electrons. The SMILES string of the molecule is CCCCC(O[B]OC(CCCC)[N+](=O)[O-])[N+](=O)[O-]. The van der Waals surface area contributed by atoms with Gasteiger partial charge < -0.3 is 9.31 Å². The summed E-state index contributed by atoms with van der Waals surface area (Å²) in [5.74, 6) is 0. The van der Waals surface area contributed by atoms with E-state index in [1.54, 1.807) is 0 Å². The standard InChI is InChI=1S/C10H20BN2O6/c1-3-5-7-9(12(14)15)18-11-19-10(13(16)17)8-6-4-2/h9-10H,3-8H2,1-2H3. The number of unbranched alkanes of at least 4 members (excludes halogenated alkanes) is 2. The summed E-state index contributed by atoms with van der Waals surface area (Å²) in [6, 6.07) is 0. The maximum absolute atomic E-state index is 10.7. The normalized spacial score (nSPS) is 13.8. The molecular weight excluding hydrogens is 255 g/mol. The van der Waals surface area contributed by atoms with Gasteiger partial charge in [0.05, 0.1) is 9.85 Å². The molecule has 0 aliphatic heterocycles. The molecule has 0 rings (SSSR count). The largest absolute Gasteiger partial charge is 0.497 e. The van der Waals surface area contributed by atoms with Crippen molar-refractivity contribution in [1.82, 2.24) is 0 Å². The first kappa shape index (κ1) is 17.8. The van der Waals surface area contributed by atoms with Crippen molar-refractivity contribution in [2.75, 3.05) is 0 Å². The number of nitro groups is 2. The van der Waals surface area contributed by atoms with Crippen LogP contribution in [-0.2, 0) is 9.31 Å². The van der Waals surface area contributed by atoms with E-state index in [1.807, 2.05) is 13.8 Å². The van der Waals surface area contributed by atoms with Crippen molar-refractivity contribution in [3.63, 3.8) is 0 Å². The molecule has 0 aliphatic rings. The smallest absolute Gasteiger partial charge is 0.351 e. The Morgan fingerprint density at radius 1 is 0.947 bits per heavy atom. The minimum absolute atomic E-state index is 0.251. The molecule has 2 unspecified atom stereocenters. The van der Waals surface area contributed by atoms with Crippen LogP contribution >= 0.6 is 0 Å². The molecule has 0 saturated heterocycles. The first-order valence-corrected chi connectivity index (χ1v) is 6.42. The third-order valence-corrected chi connectivity index (χ3v) is 2.50. The summed E-state index contributed by atoms with van der Waals surface area (Å²) in [7, 11) is 0.728. The zero-order chi connectivity index (χ0) is 14.7. The number of hydrogen-bond donors (Lipinski definition) is 0. The molecule has 0 spiro atoms. The molecule has 2 atom stereocenters. The van der Waals surface area contributed by atoms with Gasteiger partial charge in [-0.05, 0) is 12.8 Å². The lowest BCUT2D eigenvalue weighted by Crippen LogP contribution is -2.31. The average Bonchev–Trinajstić information content (AvgIpc) is 2.36. The van der Waals surface area contributed by atoms with E-state index >= 15 is 0 Å². The van der Waals surface area contributed by atoms with E-state index in [0.29, 0.717) is 12.8 Å².